The van der Waals surface area contributed by atoms with E-state index in [1.165, 1.54) is 6.26 Å². The van der Waals surface area contributed by atoms with E-state index in [1.807, 2.05) is 13.0 Å². The van der Waals surface area contributed by atoms with Crippen LogP contribution in [0.2, 0.25) is 5.02 Å². The number of hydrogen-bond donors (Lipinski definition) is 2. The number of unbranched alkanes of at least 4 members (excludes halogenated alkanes) is 1. The molecule has 30 heavy (non-hydrogen) atoms. The highest BCUT2D eigenvalue weighted by Gasteiger charge is 2.21. The van der Waals surface area contributed by atoms with Gasteiger partial charge in [0.2, 0.25) is 5.89 Å². The van der Waals surface area contributed by atoms with Crippen molar-refractivity contribution in [2.24, 2.45) is 0 Å². The van der Waals surface area contributed by atoms with Gasteiger partial charge in [0.25, 0.3) is 5.91 Å². The van der Waals surface area contributed by atoms with Gasteiger partial charge < -0.3 is 14.8 Å². The summed E-state index contributed by atoms with van der Waals surface area (Å²) in [6, 6.07) is 5.38. The number of aliphatic hydroxyl groups is 1. The van der Waals surface area contributed by atoms with Crippen LogP contribution in [0, 0.1) is 6.92 Å². The van der Waals surface area contributed by atoms with Gasteiger partial charge in [0.05, 0.1) is 12.6 Å². The van der Waals surface area contributed by atoms with Crippen molar-refractivity contribution in [3.63, 3.8) is 0 Å². The van der Waals surface area contributed by atoms with E-state index in [-0.39, 0.29) is 17.7 Å². The van der Waals surface area contributed by atoms with Gasteiger partial charge in [-0.3, -0.25) is 14.6 Å². The lowest BCUT2D eigenvalue weighted by Crippen LogP contribution is -2.48. The predicted molar refractivity (Wildman–Crippen MR) is 118 cm³/mol. The predicted octanol–water partition coefficient (Wildman–Crippen LogP) is 3.56. The molecule has 0 bridgehead atoms. The third kappa shape index (κ3) is 6.54. The Morgan fingerprint density at radius 2 is 2.03 bits per heavy atom. The van der Waals surface area contributed by atoms with Gasteiger partial charge in [0.15, 0.2) is 5.69 Å². The summed E-state index contributed by atoms with van der Waals surface area (Å²) in [5.74, 6) is 0.203. The first-order valence-electron chi connectivity index (χ1n) is 10.6. The Balaban J connectivity index is 1.45. The zero-order chi connectivity index (χ0) is 21.5. The van der Waals surface area contributed by atoms with Crippen molar-refractivity contribution in [1.29, 1.82) is 0 Å². The third-order valence-electron chi connectivity index (χ3n) is 5.40. The minimum atomic E-state index is -0.323. The van der Waals surface area contributed by atoms with Crippen molar-refractivity contribution in [1.82, 2.24) is 14.8 Å². The highest BCUT2D eigenvalue weighted by molar-refractivity contribution is 6.31. The SMILES string of the molecule is CCCC[C@H](O)CN1CCN(Cc2nc(C(=O)Nc3ccc(C)c(Cl)c3)co2)CC1. The van der Waals surface area contributed by atoms with Crippen LogP contribution < -0.4 is 5.32 Å². The zero-order valence-electron chi connectivity index (χ0n) is 17.7. The lowest BCUT2D eigenvalue weighted by molar-refractivity contribution is 0.0627. The lowest BCUT2D eigenvalue weighted by atomic mass is 10.1. The molecule has 0 saturated carbocycles. The molecule has 8 heteroatoms. The van der Waals surface area contributed by atoms with E-state index in [1.54, 1.807) is 12.1 Å². The number of oxazole rings is 1. The Labute approximate surface area is 183 Å². The highest BCUT2D eigenvalue weighted by Crippen LogP contribution is 2.20. The number of carbonyl (C=O) groups excluding carboxylic acids is 1. The lowest BCUT2D eigenvalue weighted by Gasteiger charge is -2.35. The fourth-order valence-corrected chi connectivity index (χ4v) is 3.68. The summed E-state index contributed by atoms with van der Waals surface area (Å²) in [7, 11) is 0. The summed E-state index contributed by atoms with van der Waals surface area (Å²) in [5, 5.41) is 13.5. The van der Waals surface area contributed by atoms with Gasteiger partial charge in [-0.2, -0.15) is 0 Å². The van der Waals surface area contributed by atoms with Crippen LogP contribution in [0.3, 0.4) is 0 Å². The molecular weight excluding hydrogens is 404 g/mol. The number of amides is 1. The fourth-order valence-electron chi connectivity index (χ4n) is 3.50. The number of carbonyl (C=O) groups is 1. The fraction of sp³-hybridized carbons (Fsp3) is 0.545. The molecule has 1 saturated heterocycles. The molecule has 0 radical (unpaired) electrons. The summed E-state index contributed by atoms with van der Waals surface area (Å²) in [4.78, 5) is 21.3. The molecule has 164 valence electrons. The van der Waals surface area contributed by atoms with Gasteiger partial charge in [-0.25, -0.2) is 4.98 Å². The molecule has 2 aromatic rings. The van der Waals surface area contributed by atoms with Crippen LogP contribution in [0.1, 0.15) is 48.1 Å². The Kier molecular flexibility index (Phi) is 8.27. The first-order chi connectivity index (χ1) is 14.4. The van der Waals surface area contributed by atoms with Crippen molar-refractivity contribution in [3.8, 4) is 0 Å². The Hall–Kier alpha value is -1.93. The van der Waals surface area contributed by atoms with Crippen LogP contribution in [0.4, 0.5) is 5.69 Å². The molecular formula is C22H31ClN4O3. The monoisotopic (exact) mass is 434 g/mol. The van der Waals surface area contributed by atoms with Crippen molar-refractivity contribution < 1.29 is 14.3 Å². The Bertz CT molecular complexity index is 834. The Morgan fingerprint density at radius 1 is 1.30 bits per heavy atom. The maximum absolute atomic E-state index is 12.4. The van der Waals surface area contributed by atoms with Crippen molar-refractivity contribution in [2.75, 3.05) is 38.0 Å². The summed E-state index contributed by atoms with van der Waals surface area (Å²) in [5.41, 5.74) is 1.82. The maximum Gasteiger partial charge on any atom is 0.277 e. The van der Waals surface area contributed by atoms with E-state index in [4.69, 9.17) is 16.0 Å². The second kappa shape index (κ2) is 10.9. The second-order valence-electron chi connectivity index (χ2n) is 7.92. The van der Waals surface area contributed by atoms with E-state index in [0.29, 0.717) is 23.1 Å². The number of halogens is 1. The van der Waals surface area contributed by atoms with E-state index in [9.17, 15) is 9.90 Å². The normalized spacial score (nSPS) is 16.5. The maximum atomic E-state index is 12.4. The molecule has 1 atom stereocenters. The number of nitrogens with zero attached hydrogens (tertiary/aromatic N) is 3. The number of aliphatic hydroxyl groups excluding tert-OH is 1. The average Bonchev–Trinajstić information content (AvgIpc) is 3.19. The van der Waals surface area contributed by atoms with Crippen molar-refractivity contribution >= 4 is 23.2 Å². The van der Waals surface area contributed by atoms with E-state index >= 15 is 0 Å². The average molecular weight is 435 g/mol. The van der Waals surface area contributed by atoms with Gasteiger partial charge in [-0.05, 0) is 31.0 Å². The van der Waals surface area contributed by atoms with Crippen molar-refractivity contribution in [2.45, 2.75) is 45.8 Å². The number of aromatic nitrogens is 1. The molecule has 1 aliphatic heterocycles. The molecule has 7 nitrogen and oxygen atoms in total. The largest absolute Gasteiger partial charge is 0.447 e. The molecule has 0 unspecified atom stereocenters. The van der Waals surface area contributed by atoms with Crippen LogP contribution in [0.25, 0.3) is 0 Å². The minimum Gasteiger partial charge on any atom is -0.447 e. The number of aryl methyl sites for hydroxylation is 1. The molecule has 0 spiro atoms. The van der Waals surface area contributed by atoms with Crippen LogP contribution in [0.15, 0.2) is 28.9 Å². The summed E-state index contributed by atoms with van der Waals surface area (Å²) in [6.45, 7) is 8.93. The summed E-state index contributed by atoms with van der Waals surface area (Å²) in [6.07, 6.45) is 4.19. The number of nitrogens with one attached hydrogen (secondary N) is 1. The highest BCUT2D eigenvalue weighted by atomic mass is 35.5. The molecule has 1 amide bonds. The molecule has 1 aliphatic rings. The molecule has 0 aliphatic carbocycles. The van der Waals surface area contributed by atoms with Gasteiger partial charge in [-0.15, -0.1) is 0 Å². The van der Waals surface area contributed by atoms with Crippen LogP contribution in [0.5, 0.6) is 0 Å². The topological polar surface area (TPSA) is 81.8 Å². The summed E-state index contributed by atoms with van der Waals surface area (Å²) >= 11 is 6.11. The quantitative estimate of drug-likeness (QED) is 0.628. The first-order valence-corrected chi connectivity index (χ1v) is 11.0. The third-order valence-corrected chi connectivity index (χ3v) is 5.80. The number of rotatable bonds is 9. The van der Waals surface area contributed by atoms with Crippen molar-refractivity contribution in [3.05, 3.63) is 46.6 Å². The number of anilines is 1. The first kappa shape index (κ1) is 22.7. The number of β-amino-alcohol motifs (C(OH)–C–C–N with tert-alkyl or cyclic N) is 1. The number of piperazine rings is 1. The summed E-state index contributed by atoms with van der Waals surface area (Å²) < 4.78 is 5.51. The van der Waals surface area contributed by atoms with Crippen LogP contribution in [-0.2, 0) is 6.54 Å². The van der Waals surface area contributed by atoms with Gasteiger partial charge in [0.1, 0.15) is 6.26 Å². The molecule has 2 heterocycles. The van der Waals surface area contributed by atoms with Crippen LogP contribution in [-0.4, -0.2) is 64.6 Å². The number of benzene rings is 1. The molecule has 1 aromatic heterocycles. The smallest absolute Gasteiger partial charge is 0.277 e. The molecule has 2 N–H and O–H groups in total. The van der Waals surface area contributed by atoms with E-state index in [0.717, 1.165) is 57.5 Å². The standard InChI is InChI=1S/C22H31ClN4O3/c1-3-4-5-18(28)13-26-8-10-27(11-9-26)14-21-25-20(15-30-21)22(29)24-17-7-6-16(2)19(23)12-17/h6-7,12,15,18,28H,3-5,8-11,13-14H2,1-2H3,(H,24,29)/t18-/m0/s1. The van der Waals surface area contributed by atoms with Gasteiger partial charge >= 0.3 is 0 Å². The van der Waals surface area contributed by atoms with E-state index < -0.39 is 0 Å². The minimum absolute atomic E-state index is 0.243. The van der Waals surface area contributed by atoms with Crippen LogP contribution >= 0.6 is 11.6 Å². The number of hydrogen-bond acceptors (Lipinski definition) is 6. The second-order valence-corrected chi connectivity index (χ2v) is 8.32. The molecule has 1 aromatic carbocycles. The zero-order valence-corrected chi connectivity index (χ0v) is 18.5. The molecule has 1 fully saturated rings. The molecule has 3 rings (SSSR count). The van der Waals surface area contributed by atoms with Gasteiger partial charge in [-0.1, -0.05) is 37.4 Å². The van der Waals surface area contributed by atoms with Gasteiger partial charge in [0, 0.05) is 43.4 Å². The Morgan fingerprint density at radius 3 is 2.73 bits per heavy atom. The van der Waals surface area contributed by atoms with E-state index in [2.05, 4.69) is 27.0 Å².